The fourth-order valence-corrected chi connectivity index (χ4v) is 3.37. The van der Waals surface area contributed by atoms with Crippen LogP contribution in [0, 0.1) is 11.8 Å². The van der Waals surface area contributed by atoms with Crippen LogP contribution in [0.4, 0.5) is 5.69 Å². The summed E-state index contributed by atoms with van der Waals surface area (Å²) in [4.78, 5) is 11.7. The molecule has 2 rings (SSSR count). The van der Waals surface area contributed by atoms with Crippen molar-refractivity contribution in [2.45, 2.75) is 39.0 Å². The van der Waals surface area contributed by atoms with Crippen molar-refractivity contribution in [3.05, 3.63) is 21.0 Å². The Morgan fingerprint density at radius 1 is 1.53 bits per heavy atom. The minimum Gasteiger partial charge on any atom is -0.383 e. The first kappa shape index (κ1) is 14.6. The van der Waals surface area contributed by atoms with Gasteiger partial charge in [0.05, 0.1) is 11.9 Å². The van der Waals surface area contributed by atoms with Crippen LogP contribution in [0.5, 0.6) is 0 Å². The average molecular weight is 328 g/mol. The molecule has 0 spiro atoms. The van der Waals surface area contributed by atoms with Crippen LogP contribution < -0.4 is 10.9 Å². The number of nitrogens with one attached hydrogen (secondary N) is 1. The fourth-order valence-electron chi connectivity index (χ4n) is 2.87. The molecular formula is C14H22BrN3O. The van der Waals surface area contributed by atoms with Gasteiger partial charge in [-0.1, -0.05) is 26.2 Å². The lowest BCUT2D eigenvalue weighted by molar-refractivity contribution is 0.274. The summed E-state index contributed by atoms with van der Waals surface area (Å²) < 4.78 is 1.90. The Morgan fingerprint density at radius 2 is 2.32 bits per heavy atom. The molecule has 0 aliphatic heterocycles. The number of anilines is 1. The van der Waals surface area contributed by atoms with Crippen LogP contribution in [0.15, 0.2) is 15.5 Å². The molecule has 2 atom stereocenters. The third-order valence-corrected chi connectivity index (χ3v) is 4.76. The molecule has 19 heavy (non-hydrogen) atoms. The van der Waals surface area contributed by atoms with Crippen molar-refractivity contribution >= 4 is 21.6 Å². The van der Waals surface area contributed by atoms with Gasteiger partial charge in [-0.2, -0.15) is 5.10 Å². The predicted molar refractivity (Wildman–Crippen MR) is 81.4 cm³/mol. The maximum Gasteiger partial charge on any atom is 0.282 e. The van der Waals surface area contributed by atoms with Crippen molar-refractivity contribution in [1.82, 2.24) is 9.78 Å². The number of hydrogen-bond donors (Lipinski definition) is 1. The van der Waals surface area contributed by atoms with Crippen LogP contribution in [0.2, 0.25) is 0 Å². The van der Waals surface area contributed by atoms with E-state index in [9.17, 15) is 4.79 Å². The lowest BCUT2D eigenvalue weighted by Crippen LogP contribution is -2.22. The molecule has 1 fully saturated rings. The monoisotopic (exact) mass is 327 g/mol. The molecule has 0 aromatic carbocycles. The highest BCUT2D eigenvalue weighted by atomic mass is 79.9. The van der Waals surface area contributed by atoms with Gasteiger partial charge < -0.3 is 5.32 Å². The van der Waals surface area contributed by atoms with E-state index in [-0.39, 0.29) is 5.56 Å². The second-order valence-corrected chi connectivity index (χ2v) is 6.45. The smallest absolute Gasteiger partial charge is 0.282 e. The molecule has 4 nitrogen and oxygen atoms in total. The lowest BCUT2D eigenvalue weighted by atomic mass is 9.81. The molecular weight excluding hydrogens is 306 g/mol. The van der Waals surface area contributed by atoms with Gasteiger partial charge in [0.15, 0.2) is 0 Å². The van der Waals surface area contributed by atoms with E-state index in [1.165, 1.54) is 36.8 Å². The quantitative estimate of drug-likeness (QED) is 0.923. The minimum absolute atomic E-state index is 0.101. The number of halogens is 1. The Labute approximate surface area is 122 Å². The van der Waals surface area contributed by atoms with Crippen LogP contribution in [-0.2, 0) is 7.05 Å². The summed E-state index contributed by atoms with van der Waals surface area (Å²) in [5.74, 6) is 1.70. The van der Waals surface area contributed by atoms with Crippen molar-refractivity contribution in [2.75, 3.05) is 11.9 Å². The van der Waals surface area contributed by atoms with Gasteiger partial charge in [0.25, 0.3) is 5.56 Å². The second-order valence-electron chi connectivity index (χ2n) is 5.65. The van der Waals surface area contributed by atoms with Crippen LogP contribution in [0.1, 0.15) is 39.0 Å². The molecule has 0 saturated heterocycles. The van der Waals surface area contributed by atoms with Crippen LogP contribution in [0.25, 0.3) is 0 Å². The van der Waals surface area contributed by atoms with E-state index >= 15 is 0 Å². The largest absolute Gasteiger partial charge is 0.383 e. The maximum absolute atomic E-state index is 11.7. The third-order valence-electron chi connectivity index (χ3n) is 3.99. The highest BCUT2D eigenvalue weighted by Gasteiger charge is 2.18. The number of aryl methyl sites for hydroxylation is 1. The van der Waals surface area contributed by atoms with Gasteiger partial charge >= 0.3 is 0 Å². The van der Waals surface area contributed by atoms with Crippen LogP contribution in [0.3, 0.4) is 0 Å². The van der Waals surface area contributed by atoms with Crippen molar-refractivity contribution in [1.29, 1.82) is 0 Å². The van der Waals surface area contributed by atoms with Gasteiger partial charge in [0, 0.05) is 13.6 Å². The summed E-state index contributed by atoms with van der Waals surface area (Å²) in [6, 6.07) is 0. The summed E-state index contributed by atoms with van der Waals surface area (Å²) in [6.45, 7) is 3.26. The molecule has 1 aliphatic rings. The Hall–Kier alpha value is -0.840. The van der Waals surface area contributed by atoms with E-state index in [1.807, 2.05) is 0 Å². The highest BCUT2D eigenvalue weighted by molar-refractivity contribution is 9.10. The Morgan fingerprint density at radius 3 is 3.05 bits per heavy atom. The zero-order valence-electron chi connectivity index (χ0n) is 11.7. The minimum atomic E-state index is -0.101. The van der Waals surface area contributed by atoms with Gasteiger partial charge in [-0.15, -0.1) is 0 Å². The number of nitrogens with zero attached hydrogens (tertiary/aromatic N) is 2. The first-order chi connectivity index (χ1) is 9.08. The molecule has 1 aromatic heterocycles. The van der Waals surface area contributed by atoms with Crippen LogP contribution >= 0.6 is 15.9 Å². The molecule has 0 amide bonds. The van der Waals surface area contributed by atoms with E-state index < -0.39 is 0 Å². The molecule has 5 heteroatoms. The van der Waals surface area contributed by atoms with E-state index in [2.05, 4.69) is 33.3 Å². The standard InChI is InChI=1S/C14H22BrN3O/c1-10-4-3-5-11(8-10)6-7-16-12-9-17-18(2)14(19)13(12)15/h9-11,16H,3-8H2,1-2H3. The van der Waals surface area contributed by atoms with E-state index in [1.54, 1.807) is 13.2 Å². The van der Waals surface area contributed by atoms with E-state index in [4.69, 9.17) is 0 Å². The summed E-state index contributed by atoms with van der Waals surface area (Å²) in [5, 5.41) is 7.35. The van der Waals surface area contributed by atoms with Gasteiger partial charge in [0.2, 0.25) is 0 Å². The Bertz CT molecular complexity index is 486. The first-order valence-electron chi connectivity index (χ1n) is 7.03. The lowest BCUT2D eigenvalue weighted by Gasteiger charge is -2.26. The van der Waals surface area contributed by atoms with Crippen molar-refractivity contribution in [3.8, 4) is 0 Å². The SMILES string of the molecule is CC1CCCC(CCNc2cnn(C)c(=O)c2Br)C1. The van der Waals surface area contributed by atoms with Crippen molar-refractivity contribution < 1.29 is 0 Å². The summed E-state index contributed by atoms with van der Waals surface area (Å²) in [5.41, 5.74) is 0.697. The molecule has 0 radical (unpaired) electrons. The molecule has 0 bridgehead atoms. The summed E-state index contributed by atoms with van der Waals surface area (Å²) in [7, 11) is 1.65. The summed E-state index contributed by atoms with van der Waals surface area (Å²) >= 11 is 3.33. The van der Waals surface area contributed by atoms with Gasteiger partial charge in [0.1, 0.15) is 4.47 Å². The molecule has 1 aliphatic carbocycles. The average Bonchev–Trinajstić information content (AvgIpc) is 2.39. The molecule has 1 saturated carbocycles. The van der Waals surface area contributed by atoms with Crippen molar-refractivity contribution in [2.24, 2.45) is 18.9 Å². The van der Waals surface area contributed by atoms with Gasteiger partial charge in [-0.05, 0) is 40.6 Å². The molecule has 1 aromatic rings. The number of rotatable bonds is 4. The normalized spacial score (nSPS) is 23.3. The first-order valence-corrected chi connectivity index (χ1v) is 7.83. The third kappa shape index (κ3) is 3.81. The fraction of sp³-hybridized carbons (Fsp3) is 0.714. The molecule has 106 valence electrons. The predicted octanol–water partition coefficient (Wildman–Crippen LogP) is 3.17. The number of aromatic nitrogens is 2. The van der Waals surface area contributed by atoms with Gasteiger partial charge in [-0.25, -0.2) is 4.68 Å². The van der Waals surface area contributed by atoms with Gasteiger partial charge in [-0.3, -0.25) is 4.79 Å². The topological polar surface area (TPSA) is 46.9 Å². The molecule has 1 N–H and O–H groups in total. The molecule has 2 unspecified atom stereocenters. The van der Waals surface area contributed by atoms with E-state index in [0.29, 0.717) is 4.47 Å². The van der Waals surface area contributed by atoms with E-state index in [0.717, 1.165) is 24.1 Å². The Kier molecular flexibility index (Phi) is 5.02. The summed E-state index contributed by atoms with van der Waals surface area (Å²) in [6.07, 6.45) is 8.32. The zero-order chi connectivity index (χ0) is 13.8. The number of hydrogen-bond acceptors (Lipinski definition) is 3. The van der Waals surface area contributed by atoms with Crippen LogP contribution in [-0.4, -0.2) is 16.3 Å². The Balaban J connectivity index is 1.86. The zero-order valence-corrected chi connectivity index (χ0v) is 13.2. The highest BCUT2D eigenvalue weighted by Crippen LogP contribution is 2.30. The maximum atomic E-state index is 11.7. The molecule has 1 heterocycles. The van der Waals surface area contributed by atoms with Crippen molar-refractivity contribution in [3.63, 3.8) is 0 Å². The second kappa shape index (κ2) is 6.55.